The van der Waals surface area contributed by atoms with Crippen LogP contribution in [0.15, 0.2) is 10.3 Å². The van der Waals surface area contributed by atoms with E-state index in [0.717, 1.165) is 0 Å². The minimum atomic E-state index is -0.133. The highest BCUT2D eigenvalue weighted by Gasteiger charge is 1.91. The number of hydrogen-bond donors (Lipinski definition) is 3. The maximum absolute atomic E-state index is 8.43. The Hall–Kier alpha value is -0.680. The van der Waals surface area contributed by atoms with Crippen molar-refractivity contribution in [2.45, 2.75) is 13.0 Å². The Morgan fingerprint density at radius 2 is 2.33 bits per heavy atom. The van der Waals surface area contributed by atoms with Crippen molar-refractivity contribution < 1.29 is 5.11 Å². The highest BCUT2D eigenvalue weighted by molar-refractivity contribution is 4.50. The fraction of sp³-hybridized carbons (Fsp3) is 1.00. The van der Waals surface area contributed by atoms with Crippen LogP contribution in [0.1, 0.15) is 6.92 Å². The van der Waals surface area contributed by atoms with Gasteiger partial charge in [0.2, 0.25) is 0 Å². The van der Waals surface area contributed by atoms with E-state index in [1.54, 1.807) is 14.0 Å². The van der Waals surface area contributed by atoms with Crippen LogP contribution in [0, 0.1) is 0 Å². The predicted octanol–water partition coefficient (Wildman–Crippen LogP) is -0.542. The lowest BCUT2D eigenvalue weighted by Gasteiger charge is -1.97. The smallest absolute Gasteiger partial charge is 0.0932 e. The zero-order chi connectivity index (χ0) is 7.11. The molecular formula is C4H12N4O. The van der Waals surface area contributed by atoms with E-state index >= 15 is 0 Å². The van der Waals surface area contributed by atoms with Crippen molar-refractivity contribution in [3.8, 4) is 0 Å². The quantitative estimate of drug-likeness (QED) is 0.355. The number of hydrogen-bond acceptors (Lipinski definition) is 4. The number of hydrazine groups is 1. The van der Waals surface area contributed by atoms with E-state index in [1.165, 1.54) is 0 Å². The number of aliphatic hydroxyl groups is 1. The van der Waals surface area contributed by atoms with Crippen LogP contribution in [-0.2, 0) is 0 Å². The summed E-state index contributed by atoms with van der Waals surface area (Å²) >= 11 is 0. The Kier molecular flexibility index (Phi) is 5.04. The maximum Gasteiger partial charge on any atom is 0.0932 e. The molecule has 0 rings (SSSR count). The van der Waals surface area contributed by atoms with E-state index in [1.807, 2.05) is 0 Å². The Bertz CT molecular complexity index is 84.6. The zero-order valence-electron chi connectivity index (χ0n) is 5.63. The largest absolute Gasteiger partial charge is 0.394 e. The van der Waals surface area contributed by atoms with Crippen LogP contribution in [0.3, 0.4) is 0 Å². The van der Waals surface area contributed by atoms with Gasteiger partial charge in [-0.1, -0.05) is 5.22 Å². The van der Waals surface area contributed by atoms with Gasteiger partial charge in [-0.3, -0.25) is 0 Å². The summed E-state index contributed by atoms with van der Waals surface area (Å²) in [6, 6.07) is -0.133. The van der Waals surface area contributed by atoms with E-state index in [2.05, 4.69) is 21.3 Å². The predicted molar refractivity (Wildman–Crippen MR) is 33.6 cm³/mol. The van der Waals surface area contributed by atoms with Crippen molar-refractivity contribution in [2.24, 2.45) is 10.3 Å². The summed E-state index contributed by atoms with van der Waals surface area (Å²) < 4.78 is 0. The third-order valence-corrected chi connectivity index (χ3v) is 0.681. The molecule has 0 spiro atoms. The summed E-state index contributed by atoms with van der Waals surface area (Å²) in [4.78, 5) is 0. The minimum Gasteiger partial charge on any atom is -0.394 e. The van der Waals surface area contributed by atoms with Gasteiger partial charge in [0.25, 0.3) is 0 Å². The fourth-order valence-corrected chi connectivity index (χ4v) is 0.214. The third-order valence-electron chi connectivity index (χ3n) is 0.681. The molecular weight excluding hydrogens is 120 g/mol. The van der Waals surface area contributed by atoms with Gasteiger partial charge in [-0.05, 0) is 6.92 Å². The second-order valence-electron chi connectivity index (χ2n) is 1.61. The molecule has 0 aromatic heterocycles. The molecule has 0 aliphatic heterocycles. The molecule has 0 fully saturated rings. The van der Waals surface area contributed by atoms with E-state index < -0.39 is 0 Å². The van der Waals surface area contributed by atoms with Crippen molar-refractivity contribution in [1.82, 2.24) is 11.0 Å². The van der Waals surface area contributed by atoms with Crippen molar-refractivity contribution >= 4 is 0 Å². The molecule has 0 radical (unpaired) electrons. The molecule has 5 heteroatoms. The van der Waals surface area contributed by atoms with Gasteiger partial charge in [-0.15, -0.1) is 0 Å². The monoisotopic (exact) mass is 132 g/mol. The van der Waals surface area contributed by atoms with Crippen LogP contribution in [0.4, 0.5) is 0 Å². The molecule has 1 unspecified atom stereocenters. The molecule has 0 aliphatic rings. The Labute approximate surface area is 54.1 Å². The van der Waals surface area contributed by atoms with Crippen molar-refractivity contribution in [1.29, 1.82) is 0 Å². The van der Waals surface area contributed by atoms with Crippen molar-refractivity contribution in [3.63, 3.8) is 0 Å². The lowest BCUT2D eigenvalue weighted by Crippen LogP contribution is -2.21. The number of aliphatic hydroxyl groups excluding tert-OH is 1. The molecule has 0 aromatic rings. The molecule has 0 bridgehead atoms. The molecule has 1 atom stereocenters. The van der Waals surface area contributed by atoms with Gasteiger partial charge in [0.05, 0.1) is 12.6 Å². The van der Waals surface area contributed by atoms with E-state index in [-0.39, 0.29) is 12.6 Å². The second kappa shape index (κ2) is 5.46. The van der Waals surface area contributed by atoms with Crippen LogP contribution in [0.5, 0.6) is 0 Å². The molecule has 5 nitrogen and oxygen atoms in total. The molecule has 0 heterocycles. The average Bonchev–Trinajstić information content (AvgIpc) is 1.89. The van der Waals surface area contributed by atoms with Gasteiger partial charge >= 0.3 is 0 Å². The molecule has 3 N–H and O–H groups in total. The topological polar surface area (TPSA) is 69.0 Å². The minimum absolute atomic E-state index is 0.0227. The van der Waals surface area contributed by atoms with Crippen LogP contribution in [-0.4, -0.2) is 24.8 Å². The molecule has 54 valence electrons. The molecule has 0 aromatic carbocycles. The van der Waals surface area contributed by atoms with E-state index in [9.17, 15) is 0 Å². The van der Waals surface area contributed by atoms with Gasteiger partial charge in [-0.25, -0.2) is 11.0 Å². The highest BCUT2D eigenvalue weighted by atomic mass is 16.3. The molecule has 0 saturated carbocycles. The highest BCUT2D eigenvalue weighted by Crippen LogP contribution is 1.84. The summed E-state index contributed by atoms with van der Waals surface area (Å²) in [5.41, 5.74) is 4.97. The number of nitrogens with one attached hydrogen (secondary N) is 2. The Morgan fingerprint density at radius 3 is 2.78 bits per heavy atom. The fourth-order valence-electron chi connectivity index (χ4n) is 0.214. The standard InChI is InChI=1S/C4H12N4O/c1-4(3-9)6-8-7-5-2/h4,9H,3H2,1-2H3,(H,5,8)(H,6,7). The van der Waals surface area contributed by atoms with Gasteiger partial charge < -0.3 is 5.11 Å². The van der Waals surface area contributed by atoms with Gasteiger partial charge in [0.1, 0.15) is 0 Å². The van der Waals surface area contributed by atoms with Crippen LogP contribution < -0.4 is 11.0 Å². The van der Waals surface area contributed by atoms with Gasteiger partial charge in [0.15, 0.2) is 0 Å². The SMILES string of the molecule is CNNN=NC(C)CO. The summed E-state index contributed by atoms with van der Waals surface area (Å²) in [6.07, 6.45) is 0. The van der Waals surface area contributed by atoms with Gasteiger partial charge in [-0.2, -0.15) is 5.11 Å². The van der Waals surface area contributed by atoms with Crippen molar-refractivity contribution in [2.75, 3.05) is 13.7 Å². The van der Waals surface area contributed by atoms with E-state index in [4.69, 9.17) is 5.11 Å². The molecule has 0 aliphatic carbocycles. The second-order valence-corrected chi connectivity index (χ2v) is 1.61. The first kappa shape index (κ1) is 8.32. The van der Waals surface area contributed by atoms with Crippen LogP contribution >= 0.6 is 0 Å². The zero-order valence-corrected chi connectivity index (χ0v) is 5.63. The van der Waals surface area contributed by atoms with Crippen LogP contribution in [0.25, 0.3) is 0 Å². The number of rotatable bonds is 4. The first-order chi connectivity index (χ1) is 4.31. The normalized spacial score (nSPS) is 14.1. The maximum atomic E-state index is 8.43. The average molecular weight is 132 g/mol. The molecule has 0 saturated heterocycles. The summed E-state index contributed by atoms with van der Waals surface area (Å²) in [5.74, 6) is 0. The van der Waals surface area contributed by atoms with Gasteiger partial charge in [0, 0.05) is 7.05 Å². The summed E-state index contributed by atoms with van der Waals surface area (Å²) in [7, 11) is 1.68. The first-order valence-corrected chi connectivity index (χ1v) is 2.73. The van der Waals surface area contributed by atoms with E-state index in [0.29, 0.717) is 0 Å². The lowest BCUT2D eigenvalue weighted by atomic mass is 10.4. The Morgan fingerprint density at radius 1 is 1.67 bits per heavy atom. The summed E-state index contributed by atoms with van der Waals surface area (Å²) in [5, 5.41) is 15.5. The third kappa shape index (κ3) is 5.19. The molecule has 9 heavy (non-hydrogen) atoms. The number of nitrogens with zero attached hydrogens (tertiary/aromatic N) is 2. The van der Waals surface area contributed by atoms with Crippen LogP contribution in [0.2, 0.25) is 0 Å². The summed E-state index contributed by atoms with van der Waals surface area (Å²) in [6.45, 7) is 1.79. The first-order valence-electron chi connectivity index (χ1n) is 2.73. The Balaban J connectivity index is 3.20. The molecule has 0 amide bonds. The lowest BCUT2D eigenvalue weighted by molar-refractivity contribution is 0.268. The van der Waals surface area contributed by atoms with Crippen molar-refractivity contribution in [3.05, 3.63) is 0 Å².